The summed E-state index contributed by atoms with van der Waals surface area (Å²) in [5.41, 5.74) is 0. The average Bonchev–Trinajstić information content (AvgIpc) is 1.84. The minimum atomic E-state index is -1.31. The van der Waals surface area contributed by atoms with Gasteiger partial charge in [0.1, 0.15) is 0 Å². The second-order valence-electron chi connectivity index (χ2n) is 1.61. The third-order valence-electron chi connectivity index (χ3n) is 1.00. The number of nitrogens with zero attached hydrogens (tertiary/aromatic N) is 2. The molecule has 6 nitrogen and oxygen atoms in total. The van der Waals surface area contributed by atoms with E-state index >= 15 is 0 Å². The molecular formula is C4H8N2O4. The van der Waals surface area contributed by atoms with Gasteiger partial charge < -0.3 is 10.2 Å². The number of amides is 2. The van der Waals surface area contributed by atoms with Crippen LogP contribution in [-0.4, -0.2) is 46.5 Å². The summed E-state index contributed by atoms with van der Waals surface area (Å²) in [7, 11) is 2.27. The van der Waals surface area contributed by atoms with Gasteiger partial charge in [-0.2, -0.15) is 0 Å². The number of carboxylic acid groups (broad SMARTS) is 2. The number of carbonyl (C=O) groups is 2. The molecule has 0 saturated heterocycles. The lowest BCUT2D eigenvalue weighted by atomic mass is 10.9. The van der Waals surface area contributed by atoms with Crippen LogP contribution in [0.25, 0.3) is 0 Å². The van der Waals surface area contributed by atoms with E-state index in [1.54, 1.807) is 0 Å². The van der Waals surface area contributed by atoms with Crippen molar-refractivity contribution in [2.24, 2.45) is 0 Å². The van der Waals surface area contributed by atoms with Crippen molar-refractivity contribution < 1.29 is 19.8 Å². The van der Waals surface area contributed by atoms with Crippen LogP contribution in [0.1, 0.15) is 0 Å². The Morgan fingerprint density at radius 2 is 1.20 bits per heavy atom. The summed E-state index contributed by atoms with van der Waals surface area (Å²) in [4.78, 5) is 20.1. The maximum atomic E-state index is 10.1. The van der Waals surface area contributed by atoms with E-state index in [1.807, 2.05) is 0 Å². The smallest absolute Gasteiger partial charge is 0.426 e. The molecule has 10 heavy (non-hydrogen) atoms. The van der Waals surface area contributed by atoms with E-state index in [9.17, 15) is 9.59 Å². The van der Waals surface area contributed by atoms with E-state index in [0.717, 1.165) is 14.1 Å². The van der Waals surface area contributed by atoms with Crippen molar-refractivity contribution in [2.45, 2.75) is 0 Å². The van der Waals surface area contributed by atoms with Crippen LogP contribution in [-0.2, 0) is 0 Å². The van der Waals surface area contributed by atoms with Gasteiger partial charge in [0, 0.05) is 14.1 Å². The number of hydrazine groups is 1. The van der Waals surface area contributed by atoms with Gasteiger partial charge in [-0.05, 0) is 0 Å². The summed E-state index contributed by atoms with van der Waals surface area (Å²) >= 11 is 0. The molecule has 0 bridgehead atoms. The average molecular weight is 148 g/mol. The Morgan fingerprint density at radius 3 is 1.30 bits per heavy atom. The number of rotatable bonds is 0. The van der Waals surface area contributed by atoms with Crippen LogP contribution in [0, 0.1) is 0 Å². The van der Waals surface area contributed by atoms with E-state index in [4.69, 9.17) is 10.2 Å². The number of hydrogen-bond donors (Lipinski definition) is 2. The maximum absolute atomic E-state index is 10.1. The lowest BCUT2D eigenvalue weighted by Crippen LogP contribution is -2.43. The van der Waals surface area contributed by atoms with E-state index in [-0.39, 0.29) is 0 Å². The van der Waals surface area contributed by atoms with E-state index < -0.39 is 12.2 Å². The van der Waals surface area contributed by atoms with Crippen LogP contribution >= 0.6 is 0 Å². The SMILES string of the molecule is CN(C(=O)O)N(C)C(=O)O. The Bertz CT molecular complexity index is 139. The van der Waals surface area contributed by atoms with Gasteiger partial charge in [-0.3, -0.25) is 0 Å². The molecule has 0 heterocycles. The van der Waals surface area contributed by atoms with Crippen LogP contribution in [0.2, 0.25) is 0 Å². The highest BCUT2D eigenvalue weighted by atomic mass is 16.4. The Kier molecular flexibility index (Phi) is 2.48. The largest absolute Gasteiger partial charge is 0.464 e. The molecule has 0 spiro atoms. The van der Waals surface area contributed by atoms with Crippen molar-refractivity contribution in [1.82, 2.24) is 10.0 Å². The molecule has 0 radical (unpaired) electrons. The zero-order valence-corrected chi connectivity index (χ0v) is 5.61. The molecule has 0 saturated carbocycles. The summed E-state index contributed by atoms with van der Waals surface area (Å²) in [6.07, 6.45) is -2.63. The minimum Gasteiger partial charge on any atom is -0.464 e. The van der Waals surface area contributed by atoms with Gasteiger partial charge in [-0.15, -0.1) is 0 Å². The van der Waals surface area contributed by atoms with E-state index in [2.05, 4.69) is 0 Å². The Balaban J connectivity index is 4.07. The summed E-state index contributed by atoms with van der Waals surface area (Å²) in [5.74, 6) is 0. The fraction of sp³-hybridized carbons (Fsp3) is 0.500. The summed E-state index contributed by atoms with van der Waals surface area (Å²) in [6.45, 7) is 0. The Hall–Kier alpha value is -1.46. The molecule has 0 aliphatic carbocycles. The molecule has 2 N–H and O–H groups in total. The highest BCUT2D eigenvalue weighted by Gasteiger charge is 2.15. The predicted molar refractivity (Wildman–Crippen MR) is 31.6 cm³/mol. The normalized spacial score (nSPS) is 8.60. The van der Waals surface area contributed by atoms with Gasteiger partial charge in [0.05, 0.1) is 0 Å². The van der Waals surface area contributed by atoms with Crippen molar-refractivity contribution in [3.05, 3.63) is 0 Å². The lowest BCUT2D eigenvalue weighted by molar-refractivity contribution is 0.0355. The molecule has 0 unspecified atom stereocenters. The van der Waals surface area contributed by atoms with Gasteiger partial charge in [-0.1, -0.05) is 0 Å². The van der Waals surface area contributed by atoms with Crippen LogP contribution in [0.3, 0.4) is 0 Å². The van der Waals surface area contributed by atoms with Crippen LogP contribution in [0.15, 0.2) is 0 Å². The molecular weight excluding hydrogens is 140 g/mol. The topological polar surface area (TPSA) is 81.1 Å². The first-order valence-electron chi connectivity index (χ1n) is 2.40. The number of hydrogen-bond acceptors (Lipinski definition) is 2. The summed E-state index contributed by atoms with van der Waals surface area (Å²) < 4.78 is 0. The zero-order chi connectivity index (χ0) is 8.31. The molecule has 0 atom stereocenters. The van der Waals surface area contributed by atoms with Crippen molar-refractivity contribution in [1.29, 1.82) is 0 Å². The summed E-state index contributed by atoms with van der Waals surface area (Å²) in [5, 5.41) is 17.6. The third-order valence-corrected chi connectivity index (χ3v) is 1.00. The molecule has 6 heteroatoms. The van der Waals surface area contributed by atoms with Crippen molar-refractivity contribution in [3.63, 3.8) is 0 Å². The Labute approximate surface area is 57.2 Å². The van der Waals surface area contributed by atoms with Crippen LogP contribution in [0.5, 0.6) is 0 Å². The summed E-state index contributed by atoms with van der Waals surface area (Å²) in [6, 6.07) is 0. The minimum absolute atomic E-state index is 0.558. The lowest BCUT2D eigenvalue weighted by Gasteiger charge is -2.21. The molecule has 0 aliphatic heterocycles. The van der Waals surface area contributed by atoms with Crippen molar-refractivity contribution >= 4 is 12.2 Å². The molecule has 0 aromatic rings. The maximum Gasteiger partial charge on any atom is 0.426 e. The third kappa shape index (κ3) is 1.81. The molecule has 0 aromatic heterocycles. The molecule has 2 amide bonds. The fourth-order valence-electron chi connectivity index (χ4n) is 0.257. The highest BCUT2D eigenvalue weighted by Crippen LogP contribution is 1.90. The van der Waals surface area contributed by atoms with Crippen LogP contribution in [0.4, 0.5) is 9.59 Å². The Morgan fingerprint density at radius 1 is 1.00 bits per heavy atom. The van der Waals surface area contributed by atoms with Gasteiger partial charge in [0.25, 0.3) is 0 Å². The van der Waals surface area contributed by atoms with E-state index in [0.29, 0.717) is 10.0 Å². The standard InChI is InChI=1S/C4H8N2O4/c1-5(3(7)8)6(2)4(9)10/h1-2H3,(H,7,8)(H,9,10). The predicted octanol–water partition coefficient (Wildman–Crippen LogP) is 0.121. The van der Waals surface area contributed by atoms with Gasteiger partial charge in [0.2, 0.25) is 0 Å². The molecule has 0 aromatic carbocycles. The first kappa shape index (κ1) is 8.54. The van der Waals surface area contributed by atoms with Crippen molar-refractivity contribution in [3.8, 4) is 0 Å². The monoisotopic (exact) mass is 148 g/mol. The second kappa shape index (κ2) is 2.90. The highest BCUT2D eigenvalue weighted by molar-refractivity contribution is 5.71. The molecule has 0 fully saturated rings. The van der Waals surface area contributed by atoms with E-state index in [1.165, 1.54) is 0 Å². The second-order valence-corrected chi connectivity index (χ2v) is 1.61. The zero-order valence-electron chi connectivity index (χ0n) is 5.61. The molecule has 0 aliphatic rings. The fourth-order valence-corrected chi connectivity index (χ4v) is 0.257. The van der Waals surface area contributed by atoms with Gasteiger partial charge in [-0.25, -0.2) is 19.6 Å². The quantitative estimate of drug-likeness (QED) is 0.478. The molecule has 0 rings (SSSR count). The molecule has 58 valence electrons. The van der Waals surface area contributed by atoms with Gasteiger partial charge in [0.15, 0.2) is 0 Å². The van der Waals surface area contributed by atoms with Gasteiger partial charge >= 0.3 is 12.2 Å². The van der Waals surface area contributed by atoms with Crippen LogP contribution < -0.4 is 0 Å². The first-order chi connectivity index (χ1) is 4.46. The van der Waals surface area contributed by atoms with Crippen molar-refractivity contribution in [2.75, 3.05) is 14.1 Å². The first-order valence-corrected chi connectivity index (χ1v) is 2.40.